The number of nitrogens with zero attached hydrogens (tertiary/aromatic N) is 1. The number of hydrogen-bond donors (Lipinski definition) is 1. The zero-order valence-corrected chi connectivity index (χ0v) is 5.11. The van der Waals surface area contributed by atoms with Crippen molar-refractivity contribution in [1.29, 1.82) is 0 Å². The summed E-state index contributed by atoms with van der Waals surface area (Å²) in [7, 11) is -4.21. The average Bonchev–Trinajstić information content (AvgIpc) is 1.21. The van der Waals surface area contributed by atoms with Crippen LogP contribution in [-0.2, 0) is 21.5 Å². The number of rotatable bonds is 2. The third kappa shape index (κ3) is 5.98. The van der Waals surface area contributed by atoms with Gasteiger partial charge in [-0.25, -0.2) is 13.6 Å². The van der Waals surface area contributed by atoms with E-state index in [1.54, 1.807) is 0 Å². The molecule has 0 radical (unpaired) electrons. The molecule has 8 heavy (non-hydrogen) atoms. The van der Waals surface area contributed by atoms with Crippen LogP contribution in [0.3, 0.4) is 0 Å². The number of nitrogens with two attached hydrogens (primary N) is 1. The second kappa shape index (κ2) is 2.51. The van der Waals surface area contributed by atoms with Crippen LogP contribution in [0.15, 0.2) is 0 Å². The summed E-state index contributed by atoms with van der Waals surface area (Å²) in [5.74, 6) is 0. The summed E-state index contributed by atoms with van der Waals surface area (Å²) in [4.78, 5) is 0. The molecule has 0 aromatic heterocycles. The van der Waals surface area contributed by atoms with Crippen molar-refractivity contribution in [2.45, 2.75) is 0 Å². The van der Waals surface area contributed by atoms with Gasteiger partial charge in [0.2, 0.25) is 0 Å². The summed E-state index contributed by atoms with van der Waals surface area (Å²) < 4.78 is 40.2. The Hall–Kier alpha value is -0.0200. The molecule has 6 nitrogen and oxygen atoms in total. The van der Waals surface area contributed by atoms with E-state index in [1.165, 1.54) is 0 Å². The Morgan fingerprint density at radius 3 is 2.00 bits per heavy atom. The first-order chi connectivity index (χ1) is 3.42. The van der Waals surface area contributed by atoms with Crippen LogP contribution < -0.4 is 5.14 Å². The highest BCUT2D eigenvalue weighted by molar-refractivity contribution is 8.06. The van der Waals surface area contributed by atoms with E-state index in [0.29, 0.717) is 0 Å². The minimum Gasteiger partial charge on any atom is -0.788 e. The van der Waals surface area contributed by atoms with Crippen LogP contribution in [0, 0.1) is 0 Å². The predicted octanol–water partition coefficient (Wildman–Crippen LogP) is -1.64. The Morgan fingerprint density at radius 2 is 2.00 bits per heavy atom. The van der Waals surface area contributed by atoms with Crippen LogP contribution in [-0.4, -0.2) is 17.2 Å². The molecule has 0 bridgehead atoms. The molecule has 0 rings (SSSR count). The van der Waals surface area contributed by atoms with Gasteiger partial charge in [0.25, 0.3) is 0 Å². The smallest absolute Gasteiger partial charge is 0.140 e. The third-order valence-electron chi connectivity index (χ3n) is 0.165. The molecule has 0 fully saturated rings. The minimum absolute atomic E-state index is 2.08. The van der Waals surface area contributed by atoms with Crippen molar-refractivity contribution in [3.8, 4) is 0 Å². The Balaban J connectivity index is 3.95. The van der Waals surface area contributed by atoms with Crippen LogP contribution in [0.4, 0.5) is 0 Å². The predicted molar refractivity (Wildman–Crippen MR) is 25.4 cm³/mol. The van der Waals surface area contributed by atoms with Gasteiger partial charge in [0.15, 0.2) is 0 Å². The first-order valence-corrected chi connectivity index (χ1v) is 3.80. The van der Waals surface area contributed by atoms with E-state index in [-0.39, 0.29) is 0 Å². The van der Waals surface area contributed by atoms with Crippen LogP contribution in [0.25, 0.3) is 4.13 Å². The summed E-state index contributed by atoms with van der Waals surface area (Å²) in [6.07, 6.45) is 0. The SMILES string of the molecule is NS(=O)(=O)[N-]S(=O)[O-]. The molecule has 0 aromatic rings. The third-order valence-corrected chi connectivity index (χ3v) is 1.48. The fourth-order valence-electron chi connectivity index (χ4n) is 0.0848. The van der Waals surface area contributed by atoms with Gasteiger partial charge in [0, 0.05) is 0 Å². The second-order valence-corrected chi connectivity index (χ2v) is 2.87. The van der Waals surface area contributed by atoms with E-state index in [4.69, 9.17) is 0 Å². The molecule has 0 aliphatic carbocycles. The topological polar surface area (TPSA) is 114 Å². The Labute approximate surface area is 48.7 Å². The summed E-state index contributed by atoms with van der Waals surface area (Å²) in [5, 5.41) is 4.15. The van der Waals surface area contributed by atoms with Crippen LogP contribution in [0.1, 0.15) is 0 Å². The van der Waals surface area contributed by atoms with Gasteiger partial charge in [-0.2, -0.15) is 11.3 Å². The lowest BCUT2D eigenvalue weighted by Crippen LogP contribution is -2.11. The largest absolute Gasteiger partial charge is 0.788 e. The fourth-order valence-corrected chi connectivity index (χ4v) is 0.763. The summed E-state index contributed by atoms with van der Waals surface area (Å²) in [6, 6.07) is 0. The van der Waals surface area contributed by atoms with Crippen LogP contribution in [0.5, 0.6) is 0 Å². The normalized spacial score (nSPS) is 15.8. The van der Waals surface area contributed by atoms with Gasteiger partial charge < -0.3 is 8.68 Å². The molecule has 0 spiro atoms. The van der Waals surface area contributed by atoms with Gasteiger partial charge >= 0.3 is 0 Å². The lowest BCUT2D eigenvalue weighted by molar-refractivity contribution is 0.544. The summed E-state index contributed by atoms with van der Waals surface area (Å²) in [5.41, 5.74) is 0. The van der Waals surface area contributed by atoms with Gasteiger partial charge in [0.05, 0.1) is 0 Å². The monoisotopic (exact) mass is 158 g/mol. The maximum atomic E-state index is 9.66. The van der Waals surface area contributed by atoms with E-state index in [0.717, 1.165) is 0 Å². The first kappa shape index (κ1) is 7.98. The first-order valence-electron chi connectivity index (χ1n) is 1.27. The molecule has 0 saturated heterocycles. The van der Waals surface area contributed by atoms with Crippen molar-refractivity contribution in [3.63, 3.8) is 0 Å². The molecule has 2 N–H and O–H groups in total. The molecule has 1 unspecified atom stereocenters. The quantitative estimate of drug-likeness (QED) is 0.485. The Morgan fingerprint density at radius 1 is 1.62 bits per heavy atom. The van der Waals surface area contributed by atoms with Gasteiger partial charge in [0.1, 0.15) is 10.2 Å². The van der Waals surface area contributed by atoms with Gasteiger partial charge in [-0.3, -0.25) is 4.21 Å². The van der Waals surface area contributed by atoms with E-state index in [9.17, 15) is 17.2 Å². The summed E-state index contributed by atoms with van der Waals surface area (Å²) >= 11 is -2.97. The average molecular weight is 158 g/mol. The van der Waals surface area contributed by atoms with Crippen molar-refractivity contribution < 1.29 is 17.2 Å². The summed E-state index contributed by atoms with van der Waals surface area (Å²) in [6.45, 7) is 0. The van der Waals surface area contributed by atoms with Crippen molar-refractivity contribution in [3.05, 3.63) is 4.13 Å². The van der Waals surface area contributed by atoms with E-state index in [1.807, 2.05) is 0 Å². The van der Waals surface area contributed by atoms with Crippen LogP contribution >= 0.6 is 0 Å². The highest BCUT2D eigenvalue weighted by atomic mass is 32.3. The van der Waals surface area contributed by atoms with Crippen molar-refractivity contribution >= 4 is 21.5 Å². The van der Waals surface area contributed by atoms with Gasteiger partial charge in [-0.15, -0.1) is 0 Å². The lowest BCUT2D eigenvalue weighted by Gasteiger charge is -2.18. The zero-order valence-electron chi connectivity index (χ0n) is 3.47. The molecule has 50 valence electrons. The number of hydrogen-bond acceptors (Lipinski definition) is 4. The van der Waals surface area contributed by atoms with Gasteiger partial charge in [-0.1, -0.05) is 0 Å². The lowest BCUT2D eigenvalue weighted by atomic mass is 13.9. The maximum absolute atomic E-state index is 9.66. The standard InChI is InChI=1S/H3N2O4S2/c1-8(5,6)2-7(3)4/h(H,3,4)(H2,1,5,6)/q-1/p-1. The van der Waals surface area contributed by atoms with E-state index < -0.39 is 21.5 Å². The molecule has 0 aliphatic heterocycles. The van der Waals surface area contributed by atoms with Crippen molar-refractivity contribution in [2.75, 3.05) is 0 Å². The fraction of sp³-hybridized carbons (Fsp3) is 0. The molecule has 0 aromatic carbocycles. The molecule has 0 heterocycles. The molecule has 8 heteroatoms. The van der Waals surface area contributed by atoms with E-state index >= 15 is 0 Å². The van der Waals surface area contributed by atoms with Crippen molar-refractivity contribution in [1.82, 2.24) is 0 Å². The Bertz CT molecular complexity index is 178. The van der Waals surface area contributed by atoms with E-state index in [2.05, 4.69) is 9.27 Å². The molecule has 0 aliphatic rings. The minimum atomic E-state index is -4.21. The molecule has 1 atom stereocenters. The maximum Gasteiger partial charge on any atom is 0.140 e. The van der Waals surface area contributed by atoms with Crippen LogP contribution in [0.2, 0.25) is 0 Å². The highest BCUT2D eigenvalue weighted by Gasteiger charge is 1.80. The molecule has 0 saturated carbocycles. The Kier molecular flexibility index (Phi) is 2.50. The zero-order chi connectivity index (χ0) is 6.78. The molecular weight excluding hydrogens is 156 g/mol. The molecule has 0 amide bonds. The van der Waals surface area contributed by atoms with Crippen molar-refractivity contribution in [2.24, 2.45) is 5.14 Å². The second-order valence-electron chi connectivity index (χ2n) is 0.807. The van der Waals surface area contributed by atoms with Gasteiger partial charge in [-0.05, 0) is 0 Å². The highest BCUT2D eigenvalue weighted by Crippen LogP contribution is 1.94. The molecular formula is H2N2O4S2-2.